The van der Waals surface area contributed by atoms with Crippen molar-refractivity contribution in [2.24, 2.45) is 0 Å². The van der Waals surface area contributed by atoms with Gasteiger partial charge in [-0.1, -0.05) is 47.7 Å². The van der Waals surface area contributed by atoms with E-state index in [2.05, 4.69) is 10.3 Å². The van der Waals surface area contributed by atoms with Crippen LogP contribution in [0.1, 0.15) is 37.3 Å². The molecular formula is C27H22FN3O7. The summed E-state index contributed by atoms with van der Waals surface area (Å²) in [4.78, 5) is 37.4. The molecule has 0 N–H and O–H groups in total. The van der Waals surface area contributed by atoms with Crippen LogP contribution in [0.3, 0.4) is 0 Å². The molecule has 1 aliphatic heterocycles. The number of methoxy groups -OCH3 is 1. The van der Waals surface area contributed by atoms with Gasteiger partial charge in [0.1, 0.15) is 18.2 Å². The number of ether oxygens (including phenoxy) is 4. The second-order valence-corrected chi connectivity index (χ2v) is 8.41. The number of hydrogen-bond donors (Lipinski definition) is 0. The number of rotatable bonds is 7. The minimum absolute atomic E-state index is 0.150. The van der Waals surface area contributed by atoms with E-state index in [0.29, 0.717) is 11.1 Å². The van der Waals surface area contributed by atoms with Crippen molar-refractivity contribution in [2.45, 2.75) is 24.6 Å². The lowest BCUT2D eigenvalue weighted by Gasteiger charge is -2.20. The van der Waals surface area contributed by atoms with Crippen LogP contribution >= 0.6 is 0 Å². The molecule has 4 atom stereocenters. The smallest absolute Gasteiger partial charge is 0.340 e. The second kappa shape index (κ2) is 10.8. The van der Waals surface area contributed by atoms with E-state index >= 15 is 4.39 Å². The molecule has 1 aromatic heterocycles. The fourth-order valence-corrected chi connectivity index (χ4v) is 4.16. The van der Waals surface area contributed by atoms with Crippen LogP contribution in [-0.4, -0.2) is 65.0 Å². The molecule has 0 spiro atoms. The minimum atomic E-state index is -1.88. The first-order valence-corrected chi connectivity index (χ1v) is 11.7. The molecule has 0 aliphatic carbocycles. The number of esters is 3. The lowest BCUT2D eigenvalue weighted by atomic mass is 10.1. The molecular weight excluding hydrogens is 497 g/mol. The van der Waals surface area contributed by atoms with Crippen LogP contribution in [0.2, 0.25) is 0 Å². The fourth-order valence-electron chi connectivity index (χ4n) is 4.16. The van der Waals surface area contributed by atoms with E-state index in [-0.39, 0.29) is 16.6 Å². The first-order valence-electron chi connectivity index (χ1n) is 11.7. The van der Waals surface area contributed by atoms with Gasteiger partial charge in [0.25, 0.3) is 0 Å². The monoisotopic (exact) mass is 519 g/mol. The number of aromatic nitrogens is 3. The number of alkyl halides is 1. The van der Waals surface area contributed by atoms with Gasteiger partial charge in [-0.25, -0.2) is 23.5 Å². The number of carbonyl (C=O) groups is 3. The maximum atomic E-state index is 15.8. The van der Waals surface area contributed by atoms with E-state index in [1.165, 1.54) is 30.0 Å². The van der Waals surface area contributed by atoms with Gasteiger partial charge in [0.15, 0.2) is 18.5 Å². The Balaban J connectivity index is 1.44. The maximum Gasteiger partial charge on any atom is 0.340 e. The lowest BCUT2D eigenvalue weighted by molar-refractivity contribution is -0.0653. The highest BCUT2D eigenvalue weighted by Crippen LogP contribution is 2.36. The van der Waals surface area contributed by atoms with Crippen molar-refractivity contribution < 1.29 is 37.7 Å². The minimum Gasteiger partial charge on any atom is -0.465 e. The summed E-state index contributed by atoms with van der Waals surface area (Å²) in [5.41, 5.74) is 1.19. The highest BCUT2D eigenvalue weighted by molar-refractivity contribution is 6.01. The number of benzene rings is 3. The summed E-state index contributed by atoms with van der Waals surface area (Å²) in [6, 6.07) is 21.0. The lowest BCUT2D eigenvalue weighted by Crippen LogP contribution is -2.35. The SMILES string of the molecule is COC(=O)c1cccc2c1nnn2[C@@H]1O[C@H](COC(=O)c2ccccc2)[C@@H](F)[C@H]1OC(=O)c1ccccc1. The van der Waals surface area contributed by atoms with Crippen LogP contribution in [-0.2, 0) is 18.9 Å². The molecule has 5 rings (SSSR count). The van der Waals surface area contributed by atoms with Crippen LogP contribution in [0.15, 0.2) is 78.9 Å². The van der Waals surface area contributed by atoms with Gasteiger partial charge in [-0.3, -0.25) is 0 Å². The summed E-state index contributed by atoms with van der Waals surface area (Å²) in [6.45, 7) is -0.440. The number of halogens is 1. The Kier molecular flexibility index (Phi) is 7.09. The third kappa shape index (κ3) is 4.83. The zero-order chi connectivity index (χ0) is 26.6. The topological polar surface area (TPSA) is 119 Å². The standard InChI is InChI=1S/C27H22FN3O7/c1-35-27(34)18-13-8-14-19-22(18)29-30-31(19)24-23(38-26(33)17-11-6-3-7-12-17)21(28)20(37-24)15-36-25(32)16-9-4-2-5-10-16/h2-14,20-21,23-24H,15H2,1H3/t20-,21-,23-,24-/m1/s1. The quantitative estimate of drug-likeness (QED) is 0.267. The third-order valence-corrected chi connectivity index (χ3v) is 6.05. The molecule has 0 bridgehead atoms. The summed E-state index contributed by atoms with van der Waals surface area (Å²) in [7, 11) is 1.24. The van der Waals surface area contributed by atoms with Crippen LogP contribution in [0.5, 0.6) is 0 Å². The Labute approximate surface area is 215 Å². The molecule has 0 unspecified atom stereocenters. The van der Waals surface area contributed by atoms with Crippen molar-refractivity contribution in [3.63, 3.8) is 0 Å². The summed E-state index contributed by atoms with van der Waals surface area (Å²) in [6.07, 6.45) is -5.88. The number of fused-ring (bicyclic) bond motifs is 1. The predicted molar refractivity (Wildman–Crippen MR) is 130 cm³/mol. The summed E-state index contributed by atoms with van der Waals surface area (Å²) < 4.78 is 38.5. The van der Waals surface area contributed by atoms with Crippen molar-refractivity contribution in [3.05, 3.63) is 95.6 Å². The predicted octanol–water partition coefficient (Wildman–Crippen LogP) is 3.54. The van der Waals surface area contributed by atoms with Crippen molar-refractivity contribution >= 4 is 28.9 Å². The van der Waals surface area contributed by atoms with E-state index < -0.39 is 49.1 Å². The fraction of sp³-hybridized carbons (Fsp3) is 0.222. The number of hydrogen-bond acceptors (Lipinski definition) is 9. The zero-order valence-corrected chi connectivity index (χ0v) is 20.1. The third-order valence-electron chi connectivity index (χ3n) is 6.05. The number of carbonyl (C=O) groups excluding carboxylic acids is 3. The van der Waals surface area contributed by atoms with Crippen molar-refractivity contribution in [2.75, 3.05) is 13.7 Å². The Bertz CT molecular complexity index is 1460. The average Bonchev–Trinajstić information content (AvgIpc) is 3.53. The molecule has 1 aliphatic rings. The van der Waals surface area contributed by atoms with Gasteiger partial charge in [-0.2, -0.15) is 0 Å². The largest absolute Gasteiger partial charge is 0.465 e. The molecule has 11 heteroatoms. The Morgan fingerprint density at radius 1 is 0.895 bits per heavy atom. The molecule has 194 valence electrons. The second-order valence-electron chi connectivity index (χ2n) is 8.41. The van der Waals surface area contributed by atoms with Crippen LogP contribution in [0.4, 0.5) is 4.39 Å². The molecule has 1 fully saturated rings. The van der Waals surface area contributed by atoms with E-state index in [0.717, 1.165) is 0 Å². The van der Waals surface area contributed by atoms with E-state index in [9.17, 15) is 14.4 Å². The van der Waals surface area contributed by atoms with Crippen LogP contribution in [0, 0.1) is 0 Å². The van der Waals surface area contributed by atoms with Gasteiger partial charge in [0.2, 0.25) is 0 Å². The molecule has 3 aromatic carbocycles. The maximum absolute atomic E-state index is 15.8. The van der Waals surface area contributed by atoms with Gasteiger partial charge < -0.3 is 18.9 Å². The van der Waals surface area contributed by atoms with Crippen LogP contribution < -0.4 is 0 Å². The van der Waals surface area contributed by atoms with Crippen molar-refractivity contribution in [3.8, 4) is 0 Å². The van der Waals surface area contributed by atoms with Gasteiger partial charge in [0, 0.05) is 0 Å². The van der Waals surface area contributed by atoms with Crippen LogP contribution in [0.25, 0.3) is 11.0 Å². The van der Waals surface area contributed by atoms with Gasteiger partial charge in [-0.05, 0) is 36.4 Å². The number of nitrogens with zero attached hydrogens (tertiary/aromatic N) is 3. The molecule has 38 heavy (non-hydrogen) atoms. The molecule has 0 saturated carbocycles. The zero-order valence-electron chi connectivity index (χ0n) is 20.1. The molecule has 0 radical (unpaired) electrons. The van der Waals surface area contributed by atoms with Crippen molar-refractivity contribution in [1.82, 2.24) is 15.0 Å². The summed E-state index contributed by atoms with van der Waals surface area (Å²) >= 11 is 0. The molecule has 10 nitrogen and oxygen atoms in total. The first-order chi connectivity index (χ1) is 18.5. The Morgan fingerprint density at radius 3 is 2.21 bits per heavy atom. The Hall–Kier alpha value is -4.64. The first kappa shape index (κ1) is 25.0. The van der Waals surface area contributed by atoms with Gasteiger partial charge in [0.05, 0.1) is 29.3 Å². The highest BCUT2D eigenvalue weighted by Gasteiger charge is 2.50. The molecule has 1 saturated heterocycles. The Morgan fingerprint density at radius 2 is 1.55 bits per heavy atom. The van der Waals surface area contributed by atoms with Gasteiger partial charge >= 0.3 is 17.9 Å². The van der Waals surface area contributed by atoms with Crippen molar-refractivity contribution in [1.29, 1.82) is 0 Å². The molecule has 2 heterocycles. The van der Waals surface area contributed by atoms with E-state index in [1.807, 2.05) is 0 Å². The van der Waals surface area contributed by atoms with E-state index in [1.54, 1.807) is 60.7 Å². The normalized spacial score (nSPS) is 20.7. The summed E-state index contributed by atoms with van der Waals surface area (Å²) in [5, 5.41) is 8.12. The molecule has 4 aromatic rings. The van der Waals surface area contributed by atoms with E-state index in [4.69, 9.17) is 18.9 Å². The average molecular weight is 519 g/mol. The summed E-state index contributed by atoms with van der Waals surface area (Å²) in [5.74, 6) is -2.05. The molecule has 0 amide bonds. The highest BCUT2D eigenvalue weighted by atomic mass is 19.1. The van der Waals surface area contributed by atoms with Gasteiger partial charge in [-0.15, -0.1) is 5.10 Å².